The lowest BCUT2D eigenvalue weighted by molar-refractivity contribution is -0.117. The van der Waals surface area contributed by atoms with Crippen LogP contribution in [0.25, 0.3) is 22.2 Å². The predicted octanol–water partition coefficient (Wildman–Crippen LogP) is 5.15. The molecule has 132 valence electrons. The first-order valence-electron chi connectivity index (χ1n) is 7.77. The van der Waals surface area contributed by atoms with Crippen molar-refractivity contribution >= 4 is 54.1 Å². The zero-order valence-corrected chi connectivity index (χ0v) is 18.2. The Morgan fingerprint density at radius 1 is 1.32 bits per heavy atom. The number of aryl methyl sites for hydroxylation is 1. The van der Waals surface area contributed by atoms with Crippen molar-refractivity contribution in [2.75, 3.05) is 0 Å². The number of para-hydroxylation sites is 1. The Bertz CT molecular complexity index is 883. The molecule has 2 unspecified atom stereocenters. The zero-order valence-electron chi connectivity index (χ0n) is 14.2. The van der Waals surface area contributed by atoms with Gasteiger partial charge in [-0.1, -0.05) is 33.1 Å². The number of hydrogen-bond donors (Lipinski definition) is 0. The molecule has 2 atom stereocenters. The Morgan fingerprint density at radius 2 is 2.00 bits per heavy atom. The van der Waals surface area contributed by atoms with Crippen molar-refractivity contribution in [2.24, 2.45) is 0 Å². The van der Waals surface area contributed by atoms with E-state index >= 15 is 0 Å². The Morgan fingerprint density at radius 3 is 2.64 bits per heavy atom. The summed E-state index contributed by atoms with van der Waals surface area (Å²) in [7, 11) is 6.06. The molecule has 0 aliphatic rings. The molecule has 0 saturated carbocycles. The van der Waals surface area contributed by atoms with Gasteiger partial charge in [-0.15, -0.1) is 17.9 Å². The molecular weight excluding hydrogens is 391 g/mol. The highest BCUT2D eigenvalue weighted by Gasteiger charge is 2.15. The van der Waals surface area contributed by atoms with Gasteiger partial charge in [0, 0.05) is 28.9 Å². The smallest absolute Gasteiger partial charge is 0.222 e. The molecule has 0 N–H and O–H groups in total. The largest absolute Gasteiger partial charge is 0.339 e. The number of aromatic nitrogens is 3. The number of hydrogen-bond acceptors (Lipinski definition) is 3. The van der Waals surface area contributed by atoms with Gasteiger partial charge in [0.2, 0.25) is 5.28 Å². The molecule has 3 aromatic rings. The van der Waals surface area contributed by atoms with Gasteiger partial charge in [0.05, 0.1) is 12.2 Å². The normalized spacial score (nSPS) is 10.4. The maximum absolute atomic E-state index is 11.5. The highest BCUT2D eigenvalue weighted by atomic mass is 35.5. The highest BCUT2D eigenvalue weighted by Crippen LogP contribution is 2.32. The average molecular weight is 412 g/mol. The lowest BCUT2D eigenvalue weighted by Gasteiger charge is -2.05. The minimum absolute atomic E-state index is 0.115. The molecular formula is C17H21ClN3OP3. The van der Waals surface area contributed by atoms with Crippen molar-refractivity contribution in [3.8, 4) is 11.3 Å². The number of benzene rings is 1. The van der Waals surface area contributed by atoms with E-state index in [1.165, 1.54) is 0 Å². The third kappa shape index (κ3) is 5.05. The summed E-state index contributed by atoms with van der Waals surface area (Å²) < 4.78 is 1.96. The van der Waals surface area contributed by atoms with Gasteiger partial charge in [0.15, 0.2) is 0 Å². The first-order chi connectivity index (χ1) is 12.0. The van der Waals surface area contributed by atoms with Crippen molar-refractivity contribution in [3.63, 3.8) is 0 Å². The van der Waals surface area contributed by atoms with E-state index in [2.05, 4.69) is 34.7 Å². The lowest BCUT2D eigenvalue weighted by atomic mass is 10.0. The van der Waals surface area contributed by atoms with Crippen LogP contribution < -0.4 is 0 Å². The second-order valence-electron chi connectivity index (χ2n) is 5.42. The van der Waals surface area contributed by atoms with Gasteiger partial charge in [-0.25, -0.2) is 9.97 Å². The number of nitrogens with zero attached hydrogens (tertiary/aromatic N) is 3. The van der Waals surface area contributed by atoms with Gasteiger partial charge in [0.1, 0.15) is 5.78 Å². The van der Waals surface area contributed by atoms with E-state index in [-0.39, 0.29) is 11.1 Å². The molecule has 0 fully saturated rings. The minimum Gasteiger partial charge on any atom is -0.339 e. The van der Waals surface area contributed by atoms with Crippen molar-refractivity contribution < 1.29 is 4.79 Å². The van der Waals surface area contributed by atoms with E-state index in [1.807, 2.05) is 35.0 Å². The first kappa shape index (κ1) is 20.4. The molecule has 0 aliphatic heterocycles. The highest BCUT2D eigenvalue weighted by molar-refractivity contribution is 8.33. The van der Waals surface area contributed by atoms with E-state index in [0.29, 0.717) is 6.54 Å². The Balaban J connectivity index is 0.000000701. The molecule has 25 heavy (non-hydrogen) atoms. The fraction of sp³-hybridized carbons (Fsp3) is 0.235. The van der Waals surface area contributed by atoms with Crippen LogP contribution >= 0.6 is 37.4 Å². The molecule has 8 heteroatoms. The summed E-state index contributed by atoms with van der Waals surface area (Å²) in [5.74, 6) is 0.115. The summed E-state index contributed by atoms with van der Waals surface area (Å²) in [4.78, 5) is 20.0. The van der Waals surface area contributed by atoms with Crippen molar-refractivity contribution in [3.05, 3.63) is 47.5 Å². The van der Waals surface area contributed by atoms with Crippen LogP contribution in [0.3, 0.4) is 0 Å². The van der Waals surface area contributed by atoms with Crippen LogP contribution in [0.15, 0.2) is 36.7 Å². The molecule has 0 spiro atoms. The van der Waals surface area contributed by atoms with Crippen LogP contribution in [0, 0.1) is 0 Å². The lowest BCUT2D eigenvalue weighted by Crippen LogP contribution is -2.04. The summed E-state index contributed by atoms with van der Waals surface area (Å²) in [6, 6.07) is 8.00. The Hall–Kier alpha value is -0.910. The van der Waals surface area contributed by atoms with Gasteiger partial charge in [-0.2, -0.15) is 0 Å². The third-order valence-electron chi connectivity index (χ3n) is 3.65. The van der Waals surface area contributed by atoms with Gasteiger partial charge in [-0.05, 0) is 36.6 Å². The van der Waals surface area contributed by atoms with E-state index in [9.17, 15) is 4.79 Å². The third-order valence-corrected chi connectivity index (χ3v) is 3.83. The summed E-state index contributed by atoms with van der Waals surface area (Å²) in [5, 5.41) is 1.30. The molecule has 2 heterocycles. The summed E-state index contributed by atoms with van der Waals surface area (Å²) >= 11 is 5.98. The minimum atomic E-state index is 0.115. The Kier molecular flexibility index (Phi) is 7.91. The molecule has 0 aliphatic carbocycles. The van der Waals surface area contributed by atoms with Crippen molar-refractivity contribution in [1.82, 2.24) is 14.5 Å². The van der Waals surface area contributed by atoms with Gasteiger partial charge in [0.25, 0.3) is 0 Å². The van der Waals surface area contributed by atoms with Crippen molar-refractivity contribution in [1.29, 1.82) is 0 Å². The van der Waals surface area contributed by atoms with Crippen LogP contribution in [0.4, 0.5) is 0 Å². The van der Waals surface area contributed by atoms with Gasteiger partial charge >= 0.3 is 0 Å². The van der Waals surface area contributed by atoms with E-state index in [1.54, 1.807) is 13.1 Å². The molecule has 4 nitrogen and oxygen atoms in total. The molecule has 0 bridgehead atoms. The van der Waals surface area contributed by atoms with Crippen LogP contribution in [0.1, 0.15) is 19.4 Å². The van der Waals surface area contributed by atoms with E-state index in [0.717, 1.165) is 42.1 Å². The zero-order chi connectivity index (χ0) is 18.4. The second kappa shape index (κ2) is 9.70. The van der Waals surface area contributed by atoms with Gasteiger partial charge in [-0.3, -0.25) is 4.79 Å². The van der Waals surface area contributed by atoms with Crippen LogP contribution in [0.5, 0.6) is 0 Å². The molecule has 2 aromatic heterocycles. The fourth-order valence-electron chi connectivity index (χ4n) is 2.68. The standard InChI is InChI=1S/C17H16ClN3O.H5P3/c1-3-12-8-19-17(18)20-16(12)14-10-21(9-11(2)22)15-7-5-4-6-13(14)15;1-3-2/h4-8,10H,3,9H2,1-2H3;3H,1-2H2. The van der Waals surface area contributed by atoms with E-state index in [4.69, 9.17) is 11.6 Å². The number of ketones is 1. The number of rotatable bonds is 4. The quantitative estimate of drug-likeness (QED) is 0.441. The van der Waals surface area contributed by atoms with Crippen LogP contribution in [-0.4, -0.2) is 20.3 Å². The molecule has 0 amide bonds. The van der Waals surface area contributed by atoms with E-state index < -0.39 is 0 Å². The first-order valence-corrected chi connectivity index (χ1v) is 12.8. The summed E-state index contributed by atoms with van der Waals surface area (Å²) in [6.45, 7) is 4.00. The number of fused-ring (bicyclic) bond motifs is 1. The maximum Gasteiger partial charge on any atom is 0.222 e. The Labute approximate surface area is 159 Å². The van der Waals surface area contributed by atoms with Crippen LogP contribution in [-0.2, 0) is 17.8 Å². The molecule has 1 aromatic carbocycles. The number of carbonyl (C=O) groups excluding carboxylic acids is 1. The van der Waals surface area contributed by atoms with Crippen LogP contribution in [0.2, 0.25) is 5.28 Å². The number of Topliss-reactive ketones (excluding diaryl/α,β-unsaturated/α-hetero) is 1. The maximum atomic E-state index is 11.5. The molecule has 0 radical (unpaired) electrons. The van der Waals surface area contributed by atoms with Crippen molar-refractivity contribution in [2.45, 2.75) is 26.8 Å². The molecule has 0 saturated heterocycles. The summed E-state index contributed by atoms with van der Waals surface area (Å²) in [5.41, 5.74) is 3.87. The summed E-state index contributed by atoms with van der Waals surface area (Å²) in [6.07, 6.45) is 4.56. The van der Waals surface area contributed by atoms with Gasteiger partial charge < -0.3 is 4.57 Å². The fourth-order valence-corrected chi connectivity index (χ4v) is 2.82. The molecule has 3 rings (SSSR count). The second-order valence-corrected chi connectivity index (χ2v) is 10.1. The average Bonchev–Trinajstić information content (AvgIpc) is 2.94. The SMILES string of the molecule is CCc1cnc(Cl)nc1-c1cn(CC(C)=O)c2ccccc12.PPP. The number of carbonyl (C=O) groups is 1. The predicted molar refractivity (Wildman–Crippen MR) is 116 cm³/mol. The topological polar surface area (TPSA) is 47.8 Å². The number of halogens is 1. The monoisotopic (exact) mass is 411 g/mol.